The molecule has 0 saturated carbocycles. The summed E-state index contributed by atoms with van der Waals surface area (Å²) in [5.41, 5.74) is 1.44. The predicted octanol–water partition coefficient (Wildman–Crippen LogP) is 7.05. The minimum atomic E-state index is -0.435. The molecule has 8 heteroatoms. The van der Waals surface area contributed by atoms with Crippen LogP contribution in [0.5, 0.6) is 0 Å². The maximum absolute atomic E-state index is 13.7. The Hall–Kier alpha value is -2.44. The van der Waals surface area contributed by atoms with Crippen molar-refractivity contribution in [2.45, 2.75) is 11.8 Å². The van der Waals surface area contributed by atoms with Gasteiger partial charge < -0.3 is 4.90 Å². The summed E-state index contributed by atoms with van der Waals surface area (Å²) in [5.74, 6) is -0.867. The number of anilines is 2. The van der Waals surface area contributed by atoms with Crippen LogP contribution >= 0.6 is 46.6 Å². The van der Waals surface area contributed by atoms with Gasteiger partial charge in [0.05, 0.1) is 5.69 Å². The van der Waals surface area contributed by atoms with Gasteiger partial charge in [0.25, 0.3) is 11.8 Å². The van der Waals surface area contributed by atoms with Crippen LogP contribution in [-0.4, -0.2) is 18.4 Å². The Morgan fingerprint density at radius 1 is 0.812 bits per heavy atom. The first-order valence-corrected chi connectivity index (χ1v) is 11.7. The number of halogens is 3. The average Bonchev–Trinajstić information content (AvgIpc) is 3.00. The molecule has 0 atom stereocenters. The summed E-state index contributed by atoms with van der Waals surface area (Å²) in [5, 5.41) is 1.26. The molecule has 32 heavy (non-hydrogen) atoms. The number of para-hydroxylation sites is 1. The Morgan fingerprint density at radius 3 is 2.03 bits per heavy atom. The Balaban J connectivity index is 1.84. The monoisotopic (exact) mass is 502 g/mol. The first kappa shape index (κ1) is 22.7. The van der Waals surface area contributed by atoms with E-state index in [9.17, 15) is 9.59 Å². The largest absolute Gasteiger partial charge is 0.336 e. The van der Waals surface area contributed by atoms with Gasteiger partial charge in [0.2, 0.25) is 0 Å². The Labute approximate surface area is 205 Å². The molecule has 1 heterocycles. The third-order valence-corrected chi connectivity index (χ3v) is 6.58. The minimum Gasteiger partial charge on any atom is -0.336 e. The maximum Gasteiger partial charge on any atom is 0.283 e. The topological polar surface area (TPSA) is 40.6 Å². The van der Waals surface area contributed by atoms with Crippen molar-refractivity contribution in [1.29, 1.82) is 0 Å². The van der Waals surface area contributed by atoms with Crippen molar-refractivity contribution in [3.8, 4) is 0 Å². The second-order valence-corrected chi connectivity index (χ2v) is 9.28. The Morgan fingerprint density at radius 2 is 1.44 bits per heavy atom. The fraction of sp³-hybridized carbons (Fsp3) is 0.0833. The molecule has 0 aliphatic carbocycles. The highest BCUT2D eigenvalue weighted by Crippen LogP contribution is 2.41. The van der Waals surface area contributed by atoms with E-state index in [2.05, 4.69) is 0 Å². The fourth-order valence-electron chi connectivity index (χ4n) is 3.43. The van der Waals surface area contributed by atoms with E-state index in [0.29, 0.717) is 37.9 Å². The highest BCUT2D eigenvalue weighted by atomic mass is 35.5. The van der Waals surface area contributed by atoms with E-state index in [0.717, 1.165) is 15.5 Å². The van der Waals surface area contributed by atoms with Crippen molar-refractivity contribution in [3.63, 3.8) is 0 Å². The van der Waals surface area contributed by atoms with E-state index in [1.165, 1.54) is 11.8 Å². The molecule has 4 rings (SSSR count). The summed E-state index contributed by atoms with van der Waals surface area (Å²) in [7, 11) is 0. The van der Waals surface area contributed by atoms with Crippen molar-refractivity contribution < 1.29 is 9.59 Å². The number of carbonyl (C=O) groups is 2. The number of amides is 2. The van der Waals surface area contributed by atoms with E-state index >= 15 is 0 Å². The molecule has 0 saturated heterocycles. The fourth-order valence-corrected chi connectivity index (χ4v) is 5.05. The van der Waals surface area contributed by atoms with E-state index in [-0.39, 0.29) is 0 Å². The Kier molecular flexibility index (Phi) is 6.82. The highest BCUT2D eigenvalue weighted by Gasteiger charge is 2.42. The number of thioether (sulfide) groups is 1. The molecule has 0 bridgehead atoms. The normalized spacial score (nSPS) is 13.8. The lowest BCUT2D eigenvalue weighted by Gasteiger charge is -2.24. The second kappa shape index (κ2) is 9.59. The standard InChI is InChI=1S/C24H17Cl3N2O2S/c1-2-28(18-6-4-3-5-7-18)21-22(32-20-10-8-15(25)9-11-20)24(31)29(23(21)30)19-13-16(26)12-17(27)14-19/h3-14H,2H2,1H3. The van der Waals surface area contributed by atoms with Crippen LogP contribution in [-0.2, 0) is 9.59 Å². The van der Waals surface area contributed by atoms with Crippen molar-refractivity contribution in [2.75, 3.05) is 16.3 Å². The van der Waals surface area contributed by atoms with Gasteiger partial charge in [-0.3, -0.25) is 9.59 Å². The van der Waals surface area contributed by atoms with Gasteiger partial charge in [-0.1, -0.05) is 64.8 Å². The number of nitrogens with zero attached hydrogens (tertiary/aromatic N) is 2. The molecular weight excluding hydrogens is 487 g/mol. The van der Waals surface area contributed by atoms with Crippen LogP contribution in [0.1, 0.15) is 6.92 Å². The van der Waals surface area contributed by atoms with Crippen LogP contribution < -0.4 is 9.80 Å². The van der Waals surface area contributed by atoms with E-state index in [1.54, 1.807) is 30.3 Å². The molecule has 4 nitrogen and oxygen atoms in total. The molecular formula is C24H17Cl3N2O2S. The lowest BCUT2D eigenvalue weighted by molar-refractivity contribution is -0.120. The summed E-state index contributed by atoms with van der Waals surface area (Å²) in [6, 6.07) is 21.2. The first-order chi connectivity index (χ1) is 15.4. The number of carbonyl (C=O) groups excluding carboxylic acids is 2. The van der Waals surface area contributed by atoms with Gasteiger partial charge in [-0.05, 0) is 61.5 Å². The van der Waals surface area contributed by atoms with Gasteiger partial charge in [-0.15, -0.1) is 0 Å². The van der Waals surface area contributed by atoms with E-state index in [1.807, 2.05) is 54.3 Å². The molecule has 162 valence electrons. The van der Waals surface area contributed by atoms with Crippen molar-refractivity contribution in [3.05, 3.63) is 98.5 Å². The number of likely N-dealkylation sites (N-methyl/N-ethyl adjacent to an activating group) is 1. The van der Waals surface area contributed by atoms with E-state index < -0.39 is 11.8 Å². The van der Waals surface area contributed by atoms with Gasteiger partial charge in [0.15, 0.2) is 0 Å². The van der Waals surface area contributed by atoms with Crippen LogP contribution in [0.2, 0.25) is 15.1 Å². The third kappa shape index (κ3) is 4.52. The molecule has 0 unspecified atom stereocenters. The zero-order chi connectivity index (χ0) is 22.8. The van der Waals surface area contributed by atoms with Crippen LogP contribution in [0.25, 0.3) is 0 Å². The van der Waals surface area contributed by atoms with Crippen molar-refractivity contribution in [2.24, 2.45) is 0 Å². The molecule has 3 aromatic carbocycles. The number of imide groups is 1. The van der Waals surface area contributed by atoms with Gasteiger partial charge in [0.1, 0.15) is 10.6 Å². The van der Waals surface area contributed by atoms with Crippen LogP contribution in [0.15, 0.2) is 88.3 Å². The molecule has 3 aromatic rings. The third-order valence-electron chi connectivity index (χ3n) is 4.81. The smallest absolute Gasteiger partial charge is 0.283 e. The summed E-state index contributed by atoms with van der Waals surface area (Å²) in [4.78, 5) is 31.3. The lowest BCUT2D eigenvalue weighted by Crippen LogP contribution is -2.35. The Bertz CT molecular complexity index is 1190. The molecule has 2 amide bonds. The first-order valence-electron chi connectivity index (χ1n) is 9.74. The quantitative estimate of drug-likeness (QED) is 0.338. The van der Waals surface area contributed by atoms with Gasteiger partial charge >= 0.3 is 0 Å². The predicted molar refractivity (Wildman–Crippen MR) is 133 cm³/mol. The molecule has 0 aromatic heterocycles. The van der Waals surface area contributed by atoms with Gasteiger partial charge in [-0.2, -0.15) is 0 Å². The summed E-state index contributed by atoms with van der Waals surface area (Å²) in [6.45, 7) is 2.43. The second-order valence-electron chi connectivity index (χ2n) is 6.89. The van der Waals surface area contributed by atoms with Gasteiger partial charge in [0, 0.05) is 32.2 Å². The zero-order valence-corrected chi connectivity index (χ0v) is 20.0. The van der Waals surface area contributed by atoms with Crippen LogP contribution in [0, 0.1) is 0 Å². The minimum absolute atomic E-state index is 0.305. The number of benzene rings is 3. The van der Waals surface area contributed by atoms with Crippen molar-refractivity contribution >= 4 is 69.8 Å². The molecule has 1 aliphatic heterocycles. The lowest BCUT2D eigenvalue weighted by atomic mass is 10.2. The maximum atomic E-state index is 13.7. The number of hydrogen-bond donors (Lipinski definition) is 0. The molecule has 0 N–H and O–H groups in total. The average molecular weight is 504 g/mol. The number of hydrogen-bond acceptors (Lipinski definition) is 4. The summed E-state index contributed by atoms with van der Waals surface area (Å²) >= 11 is 19.5. The van der Waals surface area contributed by atoms with Crippen molar-refractivity contribution in [1.82, 2.24) is 0 Å². The van der Waals surface area contributed by atoms with Gasteiger partial charge in [-0.25, -0.2) is 4.90 Å². The highest BCUT2D eigenvalue weighted by molar-refractivity contribution is 8.04. The SMILES string of the molecule is CCN(C1=C(Sc2ccc(Cl)cc2)C(=O)N(c2cc(Cl)cc(Cl)c2)C1=O)c1ccccc1. The van der Waals surface area contributed by atoms with Crippen LogP contribution in [0.3, 0.4) is 0 Å². The molecule has 0 spiro atoms. The molecule has 1 aliphatic rings. The number of rotatable bonds is 6. The summed E-state index contributed by atoms with van der Waals surface area (Å²) < 4.78 is 0. The molecule has 0 fully saturated rings. The molecule has 0 radical (unpaired) electrons. The zero-order valence-electron chi connectivity index (χ0n) is 16.9. The summed E-state index contributed by atoms with van der Waals surface area (Å²) in [6.07, 6.45) is 0. The van der Waals surface area contributed by atoms with E-state index in [4.69, 9.17) is 34.8 Å². The van der Waals surface area contributed by atoms with Crippen LogP contribution in [0.4, 0.5) is 11.4 Å².